The van der Waals surface area contributed by atoms with E-state index in [1.807, 2.05) is 13.8 Å². The molecule has 0 bridgehead atoms. The second kappa shape index (κ2) is 4.85. The maximum atomic E-state index is 10.3. The Balaban J connectivity index is 2.60. The molecule has 0 fully saturated rings. The van der Waals surface area contributed by atoms with Gasteiger partial charge in [-0.1, -0.05) is 13.8 Å². The molecule has 0 aliphatic carbocycles. The van der Waals surface area contributed by atoms with Gasteiger partial charge in [-0.3, -0.25) is 10.1 Å². The van der Waals surface area contributed by atoms with Crippen LogP contribution in [0.25, 0.3) is 0 Å². The molecular weight excluding hydrogens is 202 g/mol. The van der Waals surface area contributed by atoms with E-state index in [1.54, 1.807) is 12.1 Å². The summed E-state index contributed by atoms with van der Waals surface area (Å²) in [4.78, 5) is 9.91. The lowest BCUT2D eigenvalue weighted by atomic mass is 10.3. The quantitative estimate of drug-likeness (QED) is 0.438. The van der Waals surface area contributed by atoms with E-state index in [2.05, 4.69) is 0 Å². The molecule has 5 heteroatoms. The third kappa shape index (κ3) is 3.26. The molecule has 0 atom stereocenters. The molecule has 0 aliphatic heterocycles. The van der Waals surface area contributed by atoms with Crippen LogP contribution in [0.15, 0.2) is 24.3 Å². The van der Waals surface area contributed by atoms with E-state index in [0.29, 0.717) is 11.0 Å². The van der Waals surface area contributed by atoms with Crippen LogP contribution in [0.2, 0.25) is 0 Å². The zero-order chi connectivity index (χ0) is 10.6. The Bertz CT molecular complexity index is 310. The van der Waals surface area contributed by atoms with Gasteiger partial charge in [0.1, 0.15) is 5.75 Å². The molecule has 1 aromatic carbocycles. The Labute approximate surface area is 86.6 Å². The van der Waals surface area contributed by atoms with Crippen LogP contribution in [-0.4, -0.2) is 10.2 Å². The molecule has 0 saturated carbocycles. The van der Waals surface area contributed by atoms with Crippen LogP contribution < -0.4 is 4.18 Å². The zero-order valence-electron chi connectivity index (χ0n) is 7.97. The fraction of sp³-hybridized carbons (Fsp3) is 0.333. The van der Waals surface area contributed by atoms with Gasteiger partial charge in [0, 0.05) is 17.4 Å². The normalized spacial score (nSPS) is 10.2. The fourth-order valence-electron chi connectivity index (χ4n) is 0.775. The van der Waals surface area contributed by atoms with Crippen LogP contribution in [0.1, 0.15) is 13.8 Å². The van der Waals surface area contributed by atoms with Crippen molar-refractivity contribution in [2.45, 2.75) is 19.1 Å². The van der Waals surface area contributed by atoms with Gasteiger partial charge in [0.15, 0.2) is 0 Å². The molecule has 0 unspecified atom stereocenters. The van der Waals surface area contributed by atoms with E-state index in [4.69, 9.17) is 4.18 Å². The lowest BCUT2D eigenvalue weighted by molar-refractivity contribution is -0.384. The first-order valence-electron chi connectivity index (χ1n) is 4.17. The average molecular weight is 213 g/mol. The summed E-state index contributed by atoms with van der Waals surface area (Å²) >= 11 is 1.33. The Kier molecular flexibility index (Phi) is 3.76. The van der Waals surface area contributed by atoms with Crippen LogP contribution >= 0.6 is 12.0 Å². The molecular formula is C9H11NO3S. The van der Waals surface area contributed by atoms with E-state index < -0.39 is 4.92 Å². The zero-order valence-corrected chi connectivity index (χ0v) is 8.78. The number of nitro benzene ring substituents is 1. The van der Waals surface area contributed by atoms with Crippen molar-refractivity contribution in [2.24, 2.45) is 0 Å². The molecule has 0 spiro atoms. The van der Waals surface area contributed by atoms with Gasteiger partial charge in [-0.15, -0.1) is 0 Å². The fourth-order valence-corrected chi connectivity index (χ4v) is 1.19. The summed E-state index contributed by atoms with van der Waals surface area (Å²) in [5, 5.41) is 10.7. The van der Waals surface area contributed by atoms with Gasteiger partial charge in [-0.2, -0.15) is 0 Å². The molecule has 0 saturated heterocycles. The lowest BCUT2D eigenvalue weighted by Crippen LogP contribution is -1.92. The molecule has 4 nitrogen and oxygen atoms in total. The number of nitro groups is 1. The first kappa shape index (κ1) is 10.8. The maximum Gasteiger partial charge on any atom is 0.269 e. The van der Waals surface area contributed by atoms with Gasteiger partial charge in [0.25, 0.3) is 5.69 Å². The molecule has 0 N–H and O–H groups in total. The van der Waals surface area contributed by atoms with Crippen molar-refractivity contribution in [3.05, 3.63) is 34.4 Å². The van der Waals surface area contributed by atoms with Crippen molar-refractivity contribution in [1.29, 1.82) is 0 Å². The first-order valence-corrected chi connectivity index (χ1v) is 4.98. The Morgan fingerprint density at radius 3 is 2.36 bits per heavy atom. The maximum absolute atomic E-state index is 10.3. The summed E-state index contributed by atoms with van der Waals surface area (Å²) in [5.74, 6) is 0.634. The van der Waals surface area contributed by atoms with Crippen LogP contribution in [0.3, 0.4) is 0 Å². The largest absolute Gasteiger partial charge is 0.426 e. The summed E-state index contributed by atoms with van der Waals surface area (Å²) < 4.78 is 5.30. The van der Waals surface area contributed by atoms with Gasteiger partial charge in [-0.25, -0.2) is 0 Å². The van der Waals surface area contributed by atoms with E-state index in [-0.39, 0.29) is 5.69 Å². The van der Waals surface area contributed by atoms with E-state index in [1.165, 1.54) is 24.2 Å². The first-order chi connectivity index (χ1) is 6.59. The number of hydrogen-bond acceptors (Lipinski definition) is 4. The van der Waals surface area contributed by atoms with Crippen LogP contribution in [0.4, 0.5) is 5.69 Å². The van der Waals surface area contributed by atoms with Crippen LogP contribution in [-0.2, 0) is 0 Å². The predicted molar refractivity (Wildman–Crippen MR) is 56.5 cm³/mol. The Hall–Kier alpha value is -1.23. The highest BCUT2D eigenvalue weighted by molar-refractivity contribution is 7.95. The minimum Gasteiger partial charge on any atom is -0.426 e. The lowest BCUT2D eigenvalue weighted by Gasteiger charge is -2.05. The monoisotopic (exact) mass is 213 g/mol. The standard InChI is InChI=1S/C9H11NO3S/c1-7(2)14-13-9-5-3-8(4-6-9)10(11)12/h3-7H,1-2H3. The third-order valence-corrected chi connectivity index (χ3v) is 2.06. The van der Waals surface area contributed by atoms with Crippen LogP contribution in [0.5, 0.6) is 5.75 Å². The minimum atomic E-state index is -0.431. The van der Waals surface area contributed by atoms with Crippen molar-refractivity contribution in [3.8, 4) is 5.75 Å². The Morgan fingerprint density at radius 1 is 1.36 bits per heavy atom. The number of benzene rings is 1. The highest BCUT2D eigenvalue weighted by Crippen LogP contribution is 2.22. The molecule has 0 amide bonds. The van der Waals surface area contributed by atoms with Gasteiger partial charge in [-0.05, 0) is 12.1 Å². The number of rotatable bonds is 4. The Morgan fingerprint density at radius 2 is 1.93 bits per heavy atom. The van der Waals surface area contributed by atoms with Crippen molar-refractivity contribution in [3.63, 3.8) is 0 Å². The molecule has 0 aliphatic rings. The van der Waals surface area contributed by atoms with Gasteiger partial charge in [0.05, 0.1) is 17.0 Å². The number of non-ortho nitro benzene ring substituents is 1. The highest BCUT2D eigenvalue weighted by Gasteiger charge is 2.05. The third-order valence-electron chi connectivity index (χ3n) is 1.38. The summed E-state index contributed by atoms with van der Waals surface area (Å²) in [6.07, 6.45) is 0. The summed E-state index contributed by atoms with van der Waals surface area (Å²) in [6, 6.07) is 6.04. The van der Waals surface area contributed by atoms with Crippen molar-refractivity contribution in [1.82, 2.24) is 0 Å². The second-order valence-electron chi connectivity index (χ2n) is 2.98. The molecule has 0 aromatic heterocycles. The molecule has 1 rings (SSSR count). The van der Waals surface area contributed by atoms with Gasteiger partial charge in [0.2, 0.25) is 0 Å². The predicted octanol–water partition coefficient (Wildman–Crippen LogP) is 3.03. The van der Waals surface area contributed by atoms with Gasteiger partial charge >= 0.3 is 0 Å². The molecule has 0 heterocycles. The molecule has 14 heavy (non-hydrogen) atoms. The summed E-state index contributed by atoms with van der Waals surface area (Å²) in [7, 11) is 0. The highest BCUT2D eigenvalue weighted by atomic mass is 32.2. The van der Waals surface area contributed by atoms with Crippen LogP contribution in [0, 0.1) is 10.1 Å². The molecule has 76 valence electrons. The number of hydrogen-bond donors (Lipinski definition) is 0. The number of nitrogens with zero attached hydrogens (tertiary/aromatic N) is 1. The topological polar surface area (TPSA) is 52.4 Å². The van der Waals surface area contributed by atoms with E-state index in [9.17, 15) is 10.1 Å². The van der Waals surface area contributed by atoms with Crippen molar-refractivity contribution < 1.29 is 9.11 Å². The van der Waals surface area contributed by atoms with Crippen molar-refractivity contribution >= 4 is 17.7 Å². The van der Waals surface area contributed by atoms with Gasteiger partial charge < -0.3 is 4.18 Å². The second-order valence-corrected chi connectivity index (χ2v) is 4.28. The molecule has 1 aromatic rings. The van der Waals surface area contributed by atoms with Crippen molar-refractivity contribution in [2.75, 3.05) is 0 Å². The average Bonchev–Trinajstić information content (AvgIpc) is 2.15. The summed E-state index contributed by atoms with van der Waals surface area (Å²) in [6.45, 7) is 4.02. The van der Waals surface area contributed by atoms with E-state index in [0.717, 1.165) is 0 Å². The molecule has 0 radical (unpaired) electrons. The van der Waals surface area contributed by atoms with E-state index >= 15 is 0 Å². The smallest absolute Gasteiger partial charge is 0.269 e. The summed E-state index contributed by atoms with van der Waals surface area (Å²) in [5.41, 5.74) is 0.0758. The SMILES string of the molecule is CC(C)SOc1ccc([N+](=O)[O-])cc1. The minimum absolute atomic E-state index is 0.0758.